The predicted molar refractivity (Wildman–Crippen MR) is 59.8 cm³/mol. The van der Waals surface area contributed by atoms with Crippen LogP contribution in [-0.4, -0.2) is 0 Å². The number of hydrogen-bond donors (Lipinski definition) is 0. The Labute approximate surface area is 83.4 Å². The molecule has 0 radical (unpaired) electrons. The second-order valence-electron chi connectivity index (χ2n) is 4.48. The molecule has 0 aromatic rings. The van der Waals surface area contributed by atoms with Crippen LogP contribution in [0, 0.1) is 11.8 Å². The van der Waals surface area contributed by atoms with E-state index in [1.807, 2.05) is 0 Å². The zero-order valence-electron chi connectivity index (χ0n) is 9.47. The molecule has 0 unspecified atom stereocenters. The van der Waals surface area contributed by atoms with Gasteiger partial charge < -0.3 is 0 Å². The molecular weight excluding hydrogens is 156 g/mol. The first-order valence-electron chi connectivity index (χ1n) is 5.94. The zero-order chi connectivity index (χ0) is 9.68. The Morgan fingerprint density at radius 3 is 2.23 bits per heavy atom. The molecule has 0 aromatic carbocycles. The van der Waals surface area contributed by atoms with Gasteiger partial charge in [0.15, 0.2) is 0 Å². The molecular formula is C13H24. The van der Waals surface area contributed by atoms with Crippen molar-refractivity contribution in [2.24, 2.45) is 11.8 Å². The van der Waals surface area contributed by atoms with Crippen molar-refractivity contribution in [2.75, 3.05) is 0 Å². The Hall–Kier alpha value is -0.260. The van der Waals surface area contributed by atoms with Crippen LogP contribution in [0.5, 0.6) is 0 Å². The fourth-order valence-corrected chi connectivity index (χ4v) is 2.51. The lowest BCUT2D eigenvalue weighted by Crippen LogP contribution is -2.14. The van der Waals surface area contributed by atoms with E-state index in [-0.39, 0.29) is 0 Å². The van der Waals surface area contributed by atoms with Gasteiger partial charge in [-0.2, -0.15) is 0 Å². The molecule has 0 saturated heterocycles. The molecule has 0 N–H and O–H groups in total. The van der Waals surface area contributed by atoms with E-state index in [4.69, 9.17) is 0 Å². The van der Waals surface area contributed by atoms with Gasteiger partial charge in [-0.25, -0.2) is 0 Å². The van der Waals surface area contributed by atoms with E-state index in [0.717, 1.165) is 11.8 Å². The third-order valence-electron chi connectivity index (χ3n) is 3.59. The monoisotopic (exact) mass is 180 g/mol. The highest BCUT2D eigenvalue weighted by molar-refractivity contribution is 5.04. The summed E-state index contributed by atoms with van der Waals surface area (Å²) in [5.41, 5.74) is 1.65. The van der Waals surface area contributed by atoms with Crippen molar-refractivity contribution in [3.05, 3.63) is 11.6 Å². The molecule has 0 heteroatoms. The molecule has 1 saturated carbocycles. The normalized spacial score (nSPS) is 30.5. The van der Waals surface area contributed by atoms with Crippen LogP contribution in [0.15, 0.2) is 11.6 Å². The predicted octanol–water partition coefficient (Wildman–Crippen LogP) is 4.56. The number of rotatable bonds is 3. The van der Waals surface area contributed by atoms with Crippen molar-refractivity contribution >= 4 is 0 Å². The van der Waals surface area contributed by atoms with Crippen molar-refractivity contribution < 1.29 is 0 Å². The van der Waals surface area contributed by atoms with Gasteiger partial charge in [0, 0.05) is 0 Å². The molecule has 0 nitrogen and oxygen atoms in total. The van der Waals surface area contributed by atoms with Crippen LogP contribution >= 0.6 is 0 Å². The summed E-state index contributed by atoms with van der Waals surface area (Å²) in [6.45, 7) is 6.89. The van der Waals surface area contributed by atoms with Crippen LogP contribution in [0.3, 0.4) is 0 Å². The zero-order valence-corrected chi connectivity index (χ0v) is 9.47. The molecule has 0 heterocycles. The van der Waals surface area contributed by atoms with Crippen molar-refractivity contribution in [3.63, 3.8) is 0 Å². The molecule has 0 atom stereocenters. The van der Waals surface area contributed by atoms with Crippen molar-refractivity contribution in [3.8, 4) is 0 Å². The lowest BCUT2D eigenvalue weighted by atomic mass is 9.78. The fraction of sp³-hybridized carbons (Fsp3) is 0.846. The first-order valence-corrected chi connectivity index (χ1v) is 5.94. The van der Waals surface area contributed by atoms with E-state index in [1.54, 1.807) is 5.57 Å². The highest BCUT2D eigenvalue weighted by Gasteiger charge is 2.20. The summed E-state index contributed by atoms with van der Waals surface area (Å²) >= 11 is 0. The Morgan fingerprint density at radius 1 is 1.15 bits per heavy atom. The molecule has 0 spiro atoms. The summed E-state index contributed by atoms with van der Waals surface area (Å²) in [5, 5.41) is 0. The second-order valence-corrected chi connectivity index (χ2v) is 4.48. The summed E-state index contributed by atoms with van der Waals surface area (Å²) < 4.78 is 0. The first kappa shape index (κ1) is 10.8. The molecule has 0 aliphatic heterocycles. The Bertz CT molecular complexity index is 159. The molecule has 1 aliphatic carbocycles. The van der Waals surface area contributed by atoms with E-state index in [0.29, 0.717) is 0 Å². The van der Waals surface area contributed by atoms with Gasteiger partial charge in [0.05, 0.1) is 0 Å². The number of hydrogen-bond acceptors (Lipinski definition) is 0. The maximum atomic E-state index is 2.41. The van der Waals surface area contributed by atoms with Crippen LogP contribution in [0.25, 0.3) is 0 Å². The largest absolute Gasteiger partial charge is 0.0856 e. The maximum absolute atomic E-state index is 2.41. The van der Waals surface area contributed by atoms with Crippen LogP contribution in [0.2, 0.25) is 0 Å². The molecule has 13 heavy (non-hydrogen) atoms. The Kier molecular flexibility index (Phi) is 4.55. The van der Waals surface area contributed by atoms with Gasteiger partial charge >= 0.3 is 0 Å². The lowest BCUT2D eigenvalue weighted by molar-refractivity contribution is 0.295. The molecule has 1 rings (SSSR count). The summed E-state index contributed by atoms with van der Waals surface area (Å²) in [4.78, 5) is 0. The van der Waals surface area contributed by atoms with Crippen LogP contribution in [0.1, 0.15) is 59.3 Å². The smallest absolute Gasteiger partial charge is 0.0206 e. The van der Waals surface area contributed by atoms with E-state index in [9.17, 15) is 0 Å². The fourth-order valence-electron chi connectivity index (χ4n) is 2.51. The van der Waals surface area contributed by atoms with E-state index in [1.165, 1.54) is 38.5 Å². The first-order chi connectivity index (χ1) is 6.27. The number of allylic oxidation sites excluding steroid dienone is 2. The van der Waals surface area contributed by atoms with Gasteiger partial charge in [-0.05, 0) is 50.9 Å². The van der Waals surface area contributed by atoms with Crippen LogP contribution in [0.4, 0.5) is 0 Å². The van der Waals surface area contributed by atoms with Gasteiger partial charge in [0.2, 0.25) is 0 Å². The highest BCUT2D eigenvalue weighted by atomic mass is 14.3. The maximum Gasteiger partial charge on any atom is -0.0206 e. The van der Waals surface area contributed by atoms with Crippen molar-refractivity contribution in [1.82, 2.24) is 0 Å². The molecule has 1 fully saturated rings. The average molecular weight is 180 g/mol. The quantitative estimate of drug-likeness (QED) is 0.558. The summed E-state index contributed by atoms with van der Waals surface area (Å²) in [7, 11) is 0. The molecule has 0 amide bonds. The Morgan fingerprint density at radius 2 is 1.77 bits per heavy atom. The molecule has 0 aromatic heterocycles. The van der Waals surface area contributed by atoms with Gasteiger partial charge in [-0.15, -0.1) is 0 Å². The van der Waals surface area contributed by atoms with Gasteiger partial charge in [-0.1, -0.05) is 31.9 Å². The lowest BCUT2D eigenvalue weighted by Gasteiger charge is -2.28. The van der Waals surface area contributed by atoms with E-state index >= 15 is 0 Å². The van der Waals surface area contributed by atoms with E-state index < -0.39 is 0 Å². The third-order valence-corrected chi connectivity index (χ3v) is 3.59. The second kappa shape index (κ2) is 5.47. The SMILES string of the molecule is CC/C=C(\C)C1CCC(CC)CC1. The molecule has 0 bridgehead atoms. The minimum absolute atomic E-state index is 0.919. The highest BCUT2D eigenvalue weighted by Crippen LogP contribution is 2.34. The third kappa shape index (κ3) is 3.17. The summed E-state index contributed by atoms with van der Waals surface area (Å²) in [6.07, 6.45) is 10.8. The summed E-state index contributed by atoms with van der Waals surface area (Å²) in [6, 6.07) is 0. The molecule has 76 valence electrons. The van der Waals surface area contributed by atoms with Gasteiger partial charge in [0.1, 0.15) is 0 Å². The van der Waals surface area contributed by atoms with Crippen LogP contribution in [-0.2, 0) is 0 Å². The average Bonchev–Trinajstić information content (AvgIpc) is 2.18. The minimum atomic E-state index is 0.919. The Balaban J connectivity index is 2.36. The van der Waals surface area contributed by atoms with Gasteiger partial charge in [-0.3, -0.25) is 0 Å². The topological polar surface area (TPSA) is 0 Å². The van der Waals surface area contributed by atoms with E-state index in [2.05, 4.69) is 26.8 Å². The standard InChI is InChI=1S/C13H24/c1-4-6-11(3)13-9-7-12(5-2)8-10-13/h6,12-13H,4-5,7-10H2,1-3H3/b11-6+. The van der Waals surface area contributed by atoms with Crippen molar-refractivity contribution in [1.29, 1.82) is 0 Å². The van der Waals surface area contributed by atoms with Crippen molar-refractivity contribution in [2.45, 2.75) is 59.3 Å². The minimum Gasteiger partial charge on any atom is -0.0856 e. The molecule has 1 aliphatic rings. The summed E-state index contributed by atoms with van der Waals surface area (Å²) in [5.74, 6) is 1.95. The van der Waals surface area contributed by atoms with Gasteiger partial charge in [0.25, 0.3) is 0 Å². The van der Waals surface area contributed by atoms with Crippen LogP contribution < -0.4 is 0 Å².